The Labute approximate surface area is 423 Å². The van der Waals surface area contributed by atoms with E-state index in [9.17, 15) is 5.11 Å². The first-order chi connectivity index (χ1) is 34.9. The Morgan fingerprint density at radius 2 is 0.958 bits per heavy atom. The van der Waals surface area contributed by atoms with Crippen LogP contribution in [-0.4, -0.2) is 143 Å². The maximum absolute atomic E-state index is 12.8. The number of benzene rings is 2. The monoisotopic (exact) mass is 999 g/mol. The molecule has 15 heteroatoms. The van der Waals surface area contributed by atoms with E-state index in [1.807, 2.05) is 73.7 Å². The van der Waals surface area contributed by atoms with Gasteiger partial charge >= 0.3 is 0 Å². The van der Waals surface area contributed by atoms with Crippen molar-refractivity contribution in [2.75, 3.05) is 46.2 Å². The molecule has 8 unspecified atom stereocenters. The molecule has 5 fully saturated rings. The van der Waals surface area contributed by atoms with E-state index in [1.54, 1.807) is 0 Å². The molecule has 5 aliphatic rings. The van der Waals surface area contributed by atoms with Gasteiger partial charge in [0, 0.05) is 44.2 Å². The second kappa shape index (κ2) is 30.2. The van der Waals surface area contributed by atoms with Crippen LogP contribution in [0, 0.1) is 0 Å². The Balaban J connectivity index is 1.23. The van der Waals surface area contributed by atoms with Gasteiger partial charge in [-0.15, -0.1) is 6.58 Å². The number of ether oxygens (including phenoxy) is 14. The first-order valence-electron chi connectivity index (χ1n) is 27.2. The number of hydrogen-bond acceptors (Lipinski definition) is 15. The molecule has 5 aliphatic heterocycles. The molecule has 0 radical (unpaired) electrons. The molecule has 0 bridgehead atoms. The van der Waals surface area contributed by atoms with Gasteiger partial charge in [0.25, 0.3) is 0 Å². The summed E-state index contributed by atoms with van der Waals surface area (Å²) in [7, 11) is 0. The van der Waals surface area contributed by atoms with E-state index >= 15 is 0 Å². The van der Waals surface area contributed by atoms with Crippen molar-refractivity contribution in [3.63, 3.8) is 0 Å². The van der Waals surface area contributed by atoms with Crippen molar-refractivity contribution in [3.8, 4) is 0 Å². The summed E-state index contributed by atoms with van der Waals surface area (Å²) in [4.78, 5) is 0. The number of fused-ring (bicyclic) bond motifs is 2. The third kappa shape index (κ3) is 15.6. The van der Waals surface area contributed by atoms with E-state index in [0.29, 0.717) is 33.0 Å². The maximum Gasteiger partial charge on any atom is 0.187 e. The standard InChI is InChI=1S/C56H86O15/c1-7-12-17-18-19-26-35-62-54-51(61-34-16-11-5)49(46-42(66-54)37-64-53(69-46)40-29-24-21-25-30-40)71-55-47(43(57)45-41(67-55)36-63-52(68-45)39-27-22-20-23-28-39)70-56-50(60-33-15-10-4)48(59-32-14-9-3)44(38(6)65-56)58-31-13-8-2/h7,20-25,27-30,38,41-57H,1,8-19,26,31-37H2,2-6H3/t38?,41?,42?,43?,44-,45+,46+,47+,48?,49?,50+,51+,52?,53?,54-,55+,56+/m1/s1. The minimum atomic E-state index is -1.29. The molecule has 400 valence electrons. The summed E-state index contributed by atoms with van der Waals surface area (Å²) in [6.07, 6.45) is 0.414. The molecule has 0 saturated carbocycles. The van der Waals surface area contributed by atoms with Crippen LogP contribution in [0.25, 0.3) is 0 Å². The summed E-state index contributed by atoms with van der Waals surface area (Å²) in [5, 5.41) is 12.8. The van der Waals surface area contributed by atoms with Gasteiger partial charge in [0.1, 0.15) is 67.1 Å². The van der Waals surface area contributed by atoms with Gasteiger partial charge in [0.05, 0.1) is 19.3 Å². The number of aliphatic hydroxyl groups excluding tert-OH is 1. The number of unbranched alkanes of at least 4 members (excludes halogenated alkanes) is 8. The lowest BCUT2D eigenvalue weighted by Gasteiger charge is -2.53. The van der Waals surface area contributed by atoms with Crippen molar-refractivity contribution in [3.05, 3.63) is 84.4 Å². The Morgan fingerprint density at radius 1 is 0.493 bits per heavy atom. The van der Waals surface area contributed by atoms with Gasteiger partial charge in [-0.3, -0.25) is 0 Å². The second-order valence-corrected chi connectivity index (χ2v) is 19.5. The molecule has 0 aliphatic carbocycles. The molecule has 5 saturated heterocycles. The molecule has 0 aromatic heterocycles. The average molecular weight is 999 g/mol. The fourth-order valence-corrected chi connectivity index (χ4v) is 9.78. The SMILES string of the molecule is C=CCCCCCCO[C@@H]1OC2COC(c3ccccc3)O[C@@H]2C(O[C@@H]2OC3COC(c4ccccc4)O[C@@H]3C(O)[C@@H]2O[C@@H]2OC(C)[C@@H](OCCCC)C(OCCCC)[C@@H]2OCCCC)[C@@H]1OCCCC. The summed E-state index contributed by atoms with van der Waals surface area (Å²) in [5.41, 5.74) is 1.67. The van der Waals surface area contributed by atoms with Gasteiger partial charge in [0.2, 0.25) is 0 Å². The van der Waals surface area contributed by atoms with Crippen molar-refractivity contribution < 1.29 is 71.4 Å². The molecule has 2 aromatic carbocycles. The Hall–Kier alpha value is -2.42. The summed E-state index contributed by atoms with van der Waals surface area (Å²) < 4.78 is 94.5. The molecular weight excluding hydrogens is 913 g/mol. The summed E-state index contributed by atoms with van der Waals surface area (Å²) in [6, 6.07) is 19.5. The number of allylic oxidation sites excluding steroid dienone is 1. The largest absolute Gasteiger partial charge is 0.387 e. The van der Waals surface area contributed by atoms with Gasteiger partial charge < -0.3 is 71.4 Å². The highest BCUT2D eigenvalue weighted by Gasteiger charge is 2.58. The maximum atomic E-state index is 12.8. The molecule has 17 atom stereocenters. The van der Waals surface area contributed by atoms with E-state index in [-0.39, 0.29) is 13.2 Å². The summed E-state index contributed by atoms with van der Waals surface area (Å²) in [5.74, 6) is 0. The zero-order valence-corrected chi connectivity index (χ0v) is 43.2. The molecule has 0 amide bonds. The lowest BCUT2D eigenvalue weighted by Crippen LogP contribution is -2.69. The lowest BCUT2D eigenvalue weighted by atomic mass is 9.94. The van der Waals surface area contributed by atoms with Crippen LogP contribution < -0.4 is 0 Å². The quantitative estimate of drug-likeness (QED) is 0.0585. The van der Waals surface area contributed by atoms with Crippen LogP contribution in [0.15, 0.2) is 73.3 Å². The van der Waals surface area contributed by atoms with Crippen molar-refractivity contribution in [2.24, 2.45) is 0 Å². The van der Waals surface area contributed by atoms with Gasteiger partial charge in [0.15, 0.2) is 31.5 Å². The van der Waals surface area contributed by atoms with E-state index in [1.165, 1.54) is 0 Å². The smallest absolute Gasteiger partial charge is 0.187 e. The molecule has 2 aromatic rings. The van der Waals surface area contributed by atoms with Gasteiger partial charge in [-0.2, -0.15) is 0 Å². The number of hydrogen-bond donors (Lipinski definition) is 1. The molecule has 0 spiro atoms. The topological polar surface area (TPSA) is 149 Å². The van der Waals surface area contributed by atoms with Crippen molar-refractivity contribution in [2.45, 2.75) is 223 Å². The molecule has 15 nitrogen and oxygen atoms in total. The van der Waals surface area contributed by atoms with Gasteiger partial charge in [-0.25, -0.2) is 0 Å². The van der Waals surface area contributed by atoms with Crippen LogP contribution in [0.1, 0.15) is 142 Å². The molecule has 71 heavy (non-hydrogen) atoms. The van der Waals surface area contributed by atoms with Gasteiger partial charge in [-0.05, 0) is 51.9 Å². The third-order valence-corrected chi connectivity index (χ3v) is 13.9. The zero-order valence-electron chi connectivity index (χ0n) is 43.2. The Bertz CT molecular complexity index is 1740. The molecule has 7 rings (SSSR count). The van der Waals surface area contributed by atoms with Crippen LogP contribution in [0.4, 0.5) is 0 Å². The van der Waals surface area contributed by atoms with Crippen LogP contribution in [0.3, 0.4) is 0 Å². The fraction of sp³-hybridized carbons (Fsp3) is 0.750. The minimum absolute atomic E-state index is 0.118. The third-order valence-electron chi connectivity index (χ3n) is 13.9. The van der Waals surface area contributed by atoms with Crippen LogP contribution in [0.5, 0.6) is 0 Å². The highest BCUT2D eigenvalue weighted by Crippen LogP contribution is 2.42. The molecule has 5 heterocycles. The molecular formula is C56H86O15. The van der Waals surface area contributed by atoms with Crippen molar-refractivity contribution in [1.29, 1.82) is 0 Å². The predicted octanol–water partition coefficient (Wildman–Crippen LogP) is 9.44. The van der Waals surface area contributed by atoms with E-state index in [2.05, 4.69) is 34.3 Å². The summed E-state index contributed by atoms with van der Waals surface area (Å²) >= 11 is 0. The highest BCUT2D eigenvalue weighted by atomic mass is 16.8. The Morgan fingerprint density at radius 3 is 1.54 bits per heavy atom. The van der Waals surface area contributed by atoms with Crippen molar-refractivity contribution in [1.82, 2.24) is 0 Å². The summed E-state index contributed by atoms with van der Waals surface area (Å²) in [6.45, 7) is 17.1. The highest BCUT2D eigenvalue weighted by molar-refractivity contribution is 5.18. The van der Waals surface area contributed by atoms with Crippen LogP contribution in [0.2, 0.25) is 0 Å². The van der Waals surface area contributed by atoms with E-state index in [4.69, 9.17) is 66.3 Å². The van der Waals surface area contributed by atoms with Crippen LogP contribution >= 0.6 is 0 Å². The minimum Gasteiger partial charge on any atom is -0.387 e. The first-order valence-corrected chi connectivity index (χ1v) is 27.2. The number of rotatable bonds is 30. The fourth-order valence-electron chi connectivity index (χ4n) is 9.78. The van der Waals surface area contributed by atoms with E-state index in [0.717, 1.165) is 94.6 Å². The normalized spacial score (nSPS) is 35.2. The Kier molecular flexibility index (Phi) is 24.0. The molecule has 1 N–H and O–H groups in total. The van der Waals surface area contributed by atoms with Crippen molar-refractivity contribution >= 4 is 0 Å². The number of aliphatic hydroxyl groups is 1. The van der Waals surface area contributed by atoms with Crippen LogP contribution in [-0.2, 0) is 66.3 Å². The first kappa shape index (κ1) is 56.3. The zero-order chi connectivity index (χ0) is 49.8. The predicted molar refractivity (Wildman–Crippen MR) is 265 cm³/mol. The second-order valence-electron chi connectivity index (χ2n) is 19.5. The van der Waals surface area contributed by atoms with Gasteiger partial charge in [-0.1, -0.05) is 133 Å². The average Bonchev–Trinajstić information content (AvgIpc) is 3.39. The van der Waals surface area contributed by atoms with E-state index < -0.39 is 105 Å². The lowest BCUT2D eigenvalue weighted by molar-refractivity contribution is -0.422.